The normalized spacial score (nSPS) is 13.1. The zero-order chi connectivity index (χ0) is 12.1. The molecular weight excluding hydrogens is 287 g/mol. The average molecular weight is 306 g/mol. The number of hydrogen-bond donors (Lipinski definition) is 1. The number of aryl methyl sites for hydroxylation is 1. The Morgan fingerprint density at radius 1 is 1.38 bits per heavy atom. The van der Waals surface area contributed by atoms with E-state index in [0.717, 1.165) is 34.3 Å². The van der Waals surface area contributed by atoms with Crippen molar-refractivity contribution in [3.63, 3.8) is 0 Å². The third kappa shape index (κ3) is 4.44. The van der Waals surface area contributed by atoms with Crippen molar-refractivity contribution in [2.45, 2.75) is 39.2 Å². The van der Waals surface area contributed by atoms with Gasteiger partial charge in [0, 0.05) is 9.50 Å². The van der Waals surface area contributed by atoms with Crippen LogP contribution in [0.1, 0.15) is 32.3 Å². The van der Waals surface area contributed by atoms with Crippen LogP contribution in [0.2, 0.25) is 5.02 Å². The van der Waals surface area contributed by atoms with Crippen LogP contribution in [-0.2, 0) is 6.42 Å². The molecule has 1 aromatic carbocycles. The molecule has 1 atom stereocenters. The van der Waals surface area contributed by atoms with E-state index in [9.17, 15) is 5.11 Å². The average Bonchev–Trinajstić information content (AvgIpc) is 2.20. The van der Waals surface area contributed by atoms with Crippen molar-refractivity contribution in [1.82, 2.24) is 0 Å². The van der Waals surface area contributed by atoms with E-state index in [4.69, 9.17) is 11.6 Å². The van der Waals surface area contributed by atoms with Crippen LogP contribution >= 0.6 is 27.5 Å². The molecule has 0 aliphatic carbocycles. The maximum Gasteiger partial charge on any atom is 0.0563 e. The molecular formula is C13H18BrClO. The van der Waals surface area contributed by atoms with Gasteiger partial charge in [-0.1, -0.05) is 47.4 Å². The van der Waals surface area contributed by atoms with Gasteiger partial charge in [-0.05, 0) is 42.9 Å². The van der Waals surface area contributed by atoms with E-state index in [1.54, 1.807) is 0 Å². The second kappa shape index (κ2) is 6.63. The van der Waals surface area contributed by atoms with Crippen molar-refractivity contribution >= 4 is 27.5 Å². The van der Waals surface area contributed by atoms with Gasteiger partial charge in [0.1, 0.15) is 0 Å². The van der Waals surface area contributed by atoms with Crippen molar-refractivity contribution in [3.05, 3.63) is 33.3 Å². The van der Waals surface area contributed by atoms with E-state index in [0.29, 0.717) is 5.92 Å². The molecule has 1 N–H and O–H groups in total. The van der Waals surface area contributed by atoms with Crippen molar-refractivity contribution < 1.29 is 5.11 Å². The Kier molecular flexibility index (Phi) is 5.81. The topological polar surface area (TPSA) is 20.2 Å². The van der Waals surface area contributed by atoms with E-state index in [-0.39, 0.29) is 6.10 Å². The Hall–Kier alpha value is -0.0500. The summed E-state index contributed by atoms with van der Waals surface area (Å²) in [5.41, 5.74) is 1.15. The predicted molar refractivity (Wildman–Crippen MR) is 72.9 cm³/mol. The molecule has 0 saturated heterocycles. The highest BCUT2D eigenvalue weighted by atomic mass is 79.9. The molecule has 0 spiro atoms. The molecule has 3 heteroatoms. The van der Waals surface area contributed by atoms with E-state index >= 15 is 0 Å². The summed E-state index contributed by atoms with van der Waals surface area (Å²) in [4.78, 5) is 0. The van der Waals surface area contributed by atoms with Crippen LogP contribution in [-0.4, -0.2) is 11.2 Å². The molecule has 16 heavy (non-hydrogen) atoms. The van der Waals surface area contributed by atoms with Crippen molar-refractivity contribution in [2.75, 3.05) is 0 Å². The second-order valence-corrected chi connectivity index (χ2v) is 5.76. The van der Waals surface area contributed by atoms with Crippen LogP contribution in [0.5, 0.6) is 0 Å². The lowest BCUT2D eigenvalue weighted by Crippen LogP contribution is -2.14. The van der Waals surface area contributed by atoms with E-state index in [2.05, 4.69) is 15.9 Å². The fourth-order valence-electron chi connectivity index (χ4n) is 1.56. The number of hydrogen-bond acceptors (Lipinski definition) is 1. The SMILES string of the molecule is CC(C)C(O)CCCc1ccc(Br)cc1Cl. The lowest BCUT2D eigenvalue weighted by Gasteiger charge is -2.14. The first-order valence-electron chi connectivity index (χ1n) is 5.62. The molecule has 0 radical (unpaired) electrons. The highest BCUT2D eigenvalue weighted by molar-refractivity contribution is 9.10. The molecule has 0 aromatic heterocycles. The summed E-state index contributed by atoms with van der Waals surface area (Å²) in [6.45, 7) is 4.08. The van der Waals surface area contributed by atoms with Gasteiger partial charge < -0.3 is 5.11 Å². The minimum atomic E-state index is -0.200. The molecule has 1 rings (SSSR count). The van der Waals surface area contributed by atoms with Gasteiger partial charge in [-0.2, -0.15) is 0 Å². The molecule has 1 nitrogen and oxygen atoms in total. The van der Waals surface area contributed by atoms with Crippen LogP contribution in [0, 0.1) is 5.92 Å². The molecule has 1 unspecified atom stereocenters. The lowest BCUT2D eigenvalue weighted by molar-refractivity contribution is 0.114. The van der Waals surface area contributed by atoms with Gasteiger partial charge in [-0.3, -0.25) is 0 Å². The van der Waals surface area contributed by atoms with Crippen molar-refractivity contribution in [1.29, 1.82) is 0 Å². The van der Waals surface area contributed by atoms with Gasteiger partial charge in [0.2, 0.25) is 0 Å². The molecule has 0 aliphatic rings. The molecule has 1 aromatic rings. The first-order chi connectivity index (χ1) is 7.50. The maximum atomic E-state index is 9.68. The Morgan fingerprint density at radius 2 is 2.06 bits per heavy atom. The van der Waals surface area contributed by atoms with Crippen LogP contribution in [0.3, 0.4) is 0 Å². The van der Waals surface area contributed by atoms with Gasteiger partial charge in [-0.15, -0.1) is 0 Å². The molecule has 0 aliphatic heterocycles. The fraction of sp³-hybridized carbons (Fsp3) is 0.538. The first-order valence-corrected chi connectivity index (χ1v) is 6.79. The first kappa shape index (κ1) is 14.0. The van der Waals surface area contributed by atoms with E-state index in [1.807, 2.05) is 32.0 Å². The minimum absolute atomic E-state index is 0.200. The summed E-state index contributed by atoms with van der Waals surface area (Å²) in [6.07, 6.45) is 2.54. The second-order valence-electron chi connectivity index (χ2n) is 4.44. The summed E-state index contributed by atoms with van der Waals surface area (Å²) in [5, 5.41) is 10.5. The van der Waals surface area contributed by atoms with E-state index < -0.39 is 0 Å². The monoisotopic (exact) mass is 304 g/mol. The maximum absolute atomic E-state index is 9.68. The van der Waals surface area contributed by atoms with E-state index in [1.165, 1.54) is 0 Å². The summed E-state index contributed by atoms with van der Waals surface area (Å²) >= 11 is 9.50. The quantitative estimate of drug-likeness (QED) is 0.852. The zero-order valence-electron chi connectivity index (χ0n) is 9.71. The Morgan fingerprint density at radius 3 is 2.62 bits per heavy atom. The van der Waals surface area contributed by atoms with Gasteiger partial charge in [-0.25, -0.2) is 0 Å². The third-order valence-electron chi connectivity index (χ3n) is 2.73. The van der Waals surface area contributed by atoms with Gasteiger partial charge in [0.25, 0.3) is 0 Å². The lowest BCUT2D eigenvalue weighted by atomic mass is 9.99. The molecule has 90 valence electrons. The predicted octanol–water partition coefficient (Wildman–Crippen LogP) is 4.44. The number of rotatable bonds is 5. The minimum Gasteiger partial charge on any atom is -0.393 e. The Balaban J connectivity index is 2.43. The van der Waals surface area contributed by atoms with Crippen molar-refractivity contribution in [3.8, 4) is 0 Å². The summed E-state index contributed by atoms with van der Waals surface area (Å²) in [5.74, 6) is 0.334. The van der Waals surface area contributed by atoms with Crippen LogP contribution in [0.15, 0.2) is 22.7 Å². The smallest absolute Gasteiger partial charge is 0.0563 e. The van der Waals surface area contributed by atoms with Crippen LogP contribution < -0.4 is 0 Å². The summed E-state index contributed by atoms with van der Waals surface area (Å²) in [7, 11) is 0. The van der Waals surface area contributed by atoms with Crippen molar-refractivity contribution in [2.24, 2.45) is 5.92 Å². The number of aliphatic hydroxyl groups excluding tert-OH is 1. The van der Waals surface area contributed by atoms with Gasteiger partial charge in [0.15, 0.2) is 0 Å². The fourth-order valence-corrected chi connectivity index (χ4v) is 2.33. The highest BCUT2D eigenvalue weighted by Gasteiger charge is 2.09. The molecule has 0 heterocycles. The zero-order valence-corrected chi connectivity index (χ0v) is 12.1. The van der Waals surface area contributed by atoms with Gasteiger partial charge in [0.05, 0.1) is 6.10 Å². The number of benzene rings is 1. The Bertz CT molecular complexity index is 339. The molecule has 0 saturated carbocycles. The summed E-state index contributed by atoms with van der Waals surface area (Å²) in [6, 6.07) is 5.95. The molecule has 0 bridgehead atoms. The molecule has 0 fully saturated rings. The third-order valence-corrected chi connectivity index (χ3v) is 3.58. The van der Waals surface area contributed by atoms with Gasteiger partial charge >= 0.3 is 0 Å². The number of halogens is 2. The standard InChI is InChI=1S/C13H18BrClO/c1-9(2)13(16)5-3-4-10-6-7-11(14)8-12(10)15/h6-9,13,16H,3-5H2,1-2H3. The Labute approximate surface area is 111 Å². The molecule has 0 amide bonds. The summed E-state index contributed by atoms with van der Waals surface area (Å²) < 4.78 is 1.00. The largest absolute Gasteiger partial charge is 0.393 e. The van der Waals surface area contributed by atoms with Crippen LogP contribution in [0.25, 0.3) is 0 Å². The highest BCUT2D eigenvalue weighted by Crippen LogP contribution is 2.23. The van der Waals surface area contributed by atoms with Crippen LogP contribution in [0.4, 0.5) is 0 Å². The number of aliphatic hydroxyl groups is 1.